The quantitative estimate of drug-likeness (QED) is 0.557. The molecular weight excluding hydrogens is 360 g/mol. The minimum atomic E-state index is -0.983. The van der Waals surface area contributed by atoms with E-state index in [2.05, 4.69) is 5.32 Å². The van der Waals surface area contributed by atoms with Gasteiger partial charge in [0.1, 0.15) is 11.4 Å². The Balaban J connectivity index is 1.53. The summed E-state index contributed by atoms with van der Waals surface area (Å²) in [5.41, 5.74) is 2.02. The van der Waals surface area contributed by atoms with Crippen molar-refractivity contribution in [3.63, 3.8) is 0 Å². The first-order chi connectivity index (χ1) is 13.4. The van der Waals surface area contributed by atoms with Gasteiger partial charge in [0.25, 0.3) is 5.91 Å². The Morgan fingerprint density at radius 1 is 1.18 bits per heavy atom. The van der Waals surface area contributed by atoms with Gasteiger partial charge in [-0.15, -0.1) is 0 Å². The highest BCUT2D eigenvalue weighted by atomic mass is 16.5. The van der Waals surface area contributed by atoms with Crippen LogP contribution in [-0.4, -0.2) is 34.9 Å². The Morgan fingerprint density at radius 2 is 1.96 bits per heavy atom. The first kappa shape index (κ1) is 17.8. The smallest absolute Gasteiger partial charge is 0.355 e. The van der Waals surface area contributed by atoms with E-state index in [4.69, 9.17) is 9.47 Å². The number of esters is 1. The van der Waals surface area contributed by atoms with Gasteiger partial charge in [0.05, 0.1) is 5.69 Å². The zero-order valence-electron chi connectivity index (χ0n) is 15.4. The Hall–Kier alpha value is -3.61. The number of Topliss-reactive ketones (excluding diaryl/α,β-unsaturated/α-hetero) is 1. The molecule has 0 unspecified atom stereocenters. The van der Waals surface area contributed by atoms with Gasteiger partial charge in [0, 0.05) is 23.5 Å². The molecular formula is C21H18N2O5. The Bertz CT molecular complexity index is 1120. The van der Waals surface area contributed by atoms with Crippen molar-refractivity contribution in [1.82, 2.24) is 4.57 Å². The molecule has 0 radical (unpaired) electrons. The normalized spacial score (nSPS) is 14.0. The Labute approximate surface area is 160 Å². The average Bonchev–Trinajstić information content (AvgIpc) is 3.03. The van der Waals surface area contributed by atoms with Crippen molar-refractivity contribution in [2.45, 2.75) is 13.0 Å². The molecule has 28 heavy (non-hydrogen) atoms. The van der Waals surface area contributed by atoms with Crippen molar-refractivity contribution >= 4 is 34.3 Å². The molecule has 1 N–H and O–H groups in total. The molecule has 1 aromatic heterocycles. The summed E-state index contributed by atoms with van der Waals surface area (Å²) in [5.74, 6) is -0.729. The zero-order chi connectivity index (χ0) is 19.8. The number of carbonyl (C=O) groups is 3. The standard InChI is InChI=1S/C21H18N2O5/c1-12(20(25)14-7-8-18-15(9-14)22-19(24)11-27-18)28-21(26)17-10-13-5-3-4-6-16(13)23(17)2/h3-10,12H,11H2,1-2H3,(H,22,24)/t12-/m0/s1. The number of rotatable bonds is 4. The first-order valence-corrected chi connectivity index (χ1v) is 8.80. The van der Waals surface area contributed by atoms with Crippen molar-refractivity contribution in [1.29, 1.82) is 0 Å². The van der Waals surface area contributed by atoms with E-state index in [1.807, 2.05) is 24.3 Å². The van der Waals surface area contributed by atoms with Crippen molar-refractivity contribution < 1.29 is 23.9 Å². The van der Waals surface area contributed by atoms with Gasteiger partial charge in [-0.2, -0.15) is 0 Å². The third-order valence-electron chi connectivity index (χ3n) is 4.71. The molecule has 0 spiro atoms. The number of hydrogen-bond donors (Lipinski definition) is 1. The number of aromatic nitrogens is 1. The van der Waals surface area contributed by atoms with Crippen molar-refractivity contribution in [2.75, 3.05) is 11.9 Å². The number of benzene rings is 2. The predicted molar refractivity (Wildman–Crippen MR) is 103 cm³/mol. The third-order valence-corrected chi connectivity index (χ3v) is 4.71. The number of nitrogens with zero attached hydrogens (tertiary/aromatic N) is 1. The van der Waals surface area contributed by atoms with Crippen molar-refractivity contribution in [2.24, 2.45) is 7.05 Å². The van der Waals surface area contributed by atoms with Gasteiger partial charge >= 0.3 is 5.97 Å². The summed E-state index contributed by atoms with van der Waals surface area (Å²) in [6.45, 7) is 1.47. The fraction of sp³-hybridized carbons (Fsp3) is 0.190. The molecule has 4 rings (SSSR count). The summed E-state index contributed by atoms with van der Waals surface area (Å²) in [6.07, 6.45) is -0.983. The van der Waals surface area contributed by atoms with Crippen molar-refractivity contribution in [3.05, 3.63) is 59.8 Å². The number of ketones is 1. The van der Waals surface area contributed by atoms with Crippen LogP contribution in [0.3, 0.4) is 0 Å². The lowest BCUT2D eigenvalue weighted by Gasteiger charge is -2.19. The summed E-state index contributed by atoms with van der Waals surface area (Å²) in [7, 11) is 1.78. The van der Waals surface area contributed by atoms with Crippen LogP contribution < -0.4 is 10.1 Å². The Kier molecular flexibility index (Phi) is 4.35. The molecule has 7 heteroatoms. The molecule has 0 saturated carbocycles. The van der Waals surface area contributed by atoms with Crippen LogP contribution in [0.5, 0.6) is 5.75 Å². The third kappa shape index (κ3) is 3.11. The topological polar surface area (TPSA) is 86.6 Å². The molecule has 2 aromatic carbocycles. The maximum atomic E-state index is 12.7. The van der Waals surface area contributed by atoms with Crippen LogP contribution in [0, 0.1) is 0 Å². The summed E-state index contributed by atoms with van der Waals surface area (Å²) in [4.78, 5) is 36.7. The van der Waals surface area contributed by atoms with Gasteiger partial charge in [0.15, 0.2) is 12.7 Å². The number of anilines is 1. The van der Waals surface area contributed by atoms with E-state index < -0.39 is 12.1 Å². The fourth-order valence-electron chi connectivity index (χ4n) is 3.23. The van der Waals surface area contributed by atoms with E-state index in [1.54, 1.807) is 29.8 Å². The van der Waals surface area contributed by atoms with Crippen LogP contribution in [0.15, 0.2) is 48.5 Å². The number of carbonyl (C=O) groups excluding carboxylic acids is 3. The molecule has 0 aliphatic carbocycles. The first-order valence-electron chi connectivity index (χ1n) is 8.80. The number of nitrogens with one attached hydrogen (secondary N) is 1. The highest BCUT2D eigenvalue weighted by molar-refractivity contribution is 6.04. The van der Waals surface area contributed by atoms with Crippen LogP contribution in [0.25, 0.3) is 10.9 Å². The zero-order valence-corrected chi connectivity index (χ0v) is 15.4. The highest BCUT2D eigenvalue weighted by Crippen LogP contribution is 2.29. The number of hydrogen-bond acceptors (Lipinski definition) is 5. The lowest BCUT2D eigenvalue weighted by Crippen LogP contribution is -2.27. The van der Waals surface area contributed by atoms with Gasteiger partial charge in [-0.1, -0.05) is 18.2 Å². The summed E-state index contributed by atoms with van der Waals surface area (Å²) >= 11 is 0. The minimum absolute atomic E-state index is 0.0562. The summed E-state index contributed by atoms with van der Waals surface area (Å²) in [5, 5.41) is 3.57. The van der Waals surface area contributed by atoms with E-state index in [0.717, 1.165) is 10.9 Å². The van der Waals surface area contributed by atoms with Gasteiger partial charge in [-0.05, 0) is 37.3 Å². The van der Waals surface area contributed by atoms with Crippen molar-refractivity contribution in [3.8, 4) is 5.75 Å². The number of para-hydroxylation sites is 1. The second-order valence-corrected chi connectivity index (χ2v) is 6.61. The van der Waals surface area contributed by atoms with Gasteiger partial charge in [-0.25, -0.2) is 4.79 Å². The predicted octanol–water partition coefficient (Wildman–Crippen LogP) is 2.94. The van der Waals surface area contributed by atoms with Gasteiger partial charge < -0.3 is 19.4 Å². The molecule has 1 aliphatic heterocycles. The van der Waals surface area contributed by atoms with E-state index >= 15 is 0 Å². The maximum absolute atomic E-state index is 12.7. The van der Waals surface area contributed by atoms with E-state index in [0.29, 0.717) is 22.7 Å². The lowest BCUT2D eigenvalue weighted by atomic mass is 10.1. The molecule has 1 atom stereocenters. The molecule has 3 aromatic rings. The second kappa shape index (κ2) is 6.84. The SMILES string of the molecule is C[C@H](OC(=O)c1cc2ccccc2n1C)C(=O)c1ccc2c(c1)NC(=O)CO2. The van der Waals surface area contributed by atoms with E-state index in [1.165, 1.54) is 13.0 Å². The molecule has 1 aliphatic rings. The number of ether oxygens (including phenoxy) is 2. The molecule has 7 nitrogen and oxygen atoms in total. The fourth-order valence-corrected chi connectivity index (χ4v) is 3.23. The lowest BCUT2D eigenvalue weighted by molar-refractivity contribution is -0.118. The second-order valence-electron chi connectivity index (χ2n) is 6.61. The number of fused-ring (bicyclic) bond motifs is 2. The number of aryl methyl sites for hydroxylation is 1. The highest BCUT2D eigenvalue weighted by Gasteiger charge is 2.24. The van der Waals surface area contributed by atoms with Crippen LogP contribution in [0.4, 0.5) is 5.69 Å². The van der Waals surface area contributed by atoms with Crippen LogP contribution in [0.2, 0.25) is 0 Å². The van der Waals surface area contributed by atoms with Gasteiger partial charge in [0.2, 0.25) is 5.78 Å². The van der Waals surface area contributed by atoms with Crippen LogP contribution >= 0.6 is 0 Å². The molecule has 2 heterocycles. The van der Waals surface area contributed by atoms with Gasteiger partial charge in [-0.3, -0.25) is 9.59 Å². The minimum Gasteiger partial charge on any atom is -0.482 e. The largest absolute Gasteiger partial charge is 0.482 e. The molecule has 0 bridgehead atoms. The van der Waals surface area contributed by atoms with E-state index in [-0.39, 0.29) is 18.3 Å². The molecule has 1 amide bonds. The monoisotopic (exact) mass is 378 g/mol. The summed E-state index contributed by atoms with van der Waals surface area (Å²) < 4.78 is 12.4. The number of amides is 1. The molecule has 0 saturated heterocycles. The van der Waals surface area contributed by atoms with Crippen LogP contribution in [0.1, 0.15) is 27.8 Å². The summed E-state index contributed by atoms with van der Waals surface area (Å²) in [6, 6.07) is 14.1. The van der Waals surface area contributed by atoms with E-state index in [9.17, 15) is 14.4 Å². The van der Waals surface area contributed by atoms with Crippen LogP contribution in [-0.2, 0) is 16.6 Å². The maximum Gasteiger partial charge on any atom is 0.355 e. The Morgan fingerprint density at radius 3 is 2.75 bits per heavy atom. The molecule has 0 fully saturated rings. The molecule has 142 valence electrons. The average molecular weight is 378 g/mol.